The van der Waals surface area contributed by atoms with Crippen LogP contribution in [0, 0.1) is 11.6 Å². The average Bonchev–Trinajstić information content (AvgIpc) is 2.64. The maximum Gasteiger partial charge on any atom is 0.307 e. The SMILES string of the molecule is O=C(COC(=O)CCS(=O)(=O)c1ccc(F)cc1)NCc1ccc(F)cc1. The first-order valence-electron chi connectivity index (χ1n) is 7.91. The summed E-state index contributed by atoms with van der Waals surface area (Å²) in [7, 11) is -3.76. The lowest BCUT2D eigenvalue weighted by atomic mass is 10.2. The number of hydrogen-bond donors (Lipinski definition) is 1. The molecule has 2 aromatic rings. The lowest BCUT2D eigenvalue weighted by Crippen LogP contribution is -2.28. The van der Waals surface area contributed by atoms with Crippen molar-refractivity contribution in [2.24, 2.45) is 0 Å². The van der Waals surface area contributed by atoms with Gasteiger partial charge < -0.3 is 10.1 Å². The molecule has 0 aromatic heterocycles. The van der Waals surface area contributed by atoms with Gasteiger partial charge in [-0.15, -0.1) is 0 Å². The maximum atomic E-state index is 12.8. The molecule has 27 heavy (non-hydrogen) atoms. The molecule has 1 amide bonds. The zero-order chi connectivity index (χ0) is 19.9. The molecule has 0 aliphatic rings. The molecule has 0 unspecified atom stereocenters. The molecule has 0 spiro atoms. The van der Waals surface area contributed by atoms with Gasteiger partial charge in [0, 0.05) is 6.54 Å². The second-order valence-electron chi connectivity index (χ2n) is 5.59. The molecule has 2 aromatic carbocycles. The summed E-state index contributed by atoms with van der Waals surface area (Å²) >= 11 is 0. The van der Waals surface area contributed by atoms with Crippen molar-refractivity contribution < 1.29 is 31.5 Å². The van der Waals surface area contributed by atoms with Crippen LogP contribution in [0.5, 0.6) is 0 Å². The Morgan fingerprint density at radius 2 is 1.48 bits per heavy atom. The van der Waals surface area contributed by atoms with Crippen molar-refractivity contribution in [1.29, 1.82) is 0 Å². The first-order chi connectivity index (χ1) is 12.8. The molecule has 144 valence electrons. The summed E-state index contributed by atoms with van der Waals surface area (Å²) in [5.41, 5.74) is 0.668. The van der Waals surface area contributed by atoms with Gasteiger partial charge in [-0.2, -0.15) is 0 Å². The van der Waals surface area contributed by atoms with Crippen LogP contribution in [0.4, 0.5) is 8.78 Å². The van der Waals surface area contributed by atoms with Gasteiger partial charge in [-0.3, -0.25) is 9.59 Å². The van der Waals surface area contributed by atoms with Gasteiger partial charge in [0.15, 0.2) is 16.4 Å². The third kappa shape index (κ3) is 6.78. The second kappa shape index (κ2) is 9.22. The molecule has 0 atom stereocenters. The molecule has 0 radical (unpaired) electrons. The van der Waals surface area contributed by atoms with Crippen molar-refractivity contribution in [3.8, 4) is 0 Å². The van der Waals surface area contributed by atoms with Gasteiger partial charge in [0.05, 0.1) is 17.1 Å². The minimum absolute atomic E-state index is 0.103. The molecule has 0 aliphatic heterocycles. The molecule has 0 fully saturated rings. The van der Waals surface area contributed by atoms with Gasteiger partial charge in [-0.05, 0) is 42.0 Å². The van der Waals surface area contributed by atoms with E-state index in [-0.39, 0.29) is 11.4 Å². The Balaban J connectivity index is 1.72. The zero-order valence-corrected chi connectivity index (χ0v) is 15.0. The Morgan fingerprint density at radius 1 is 0.926 bits per heavy atom. The van der Waals surface area contributed by atoms with Crippen molar-refractivity contribution in [3.63, 3.8) is 0 Å². The van der Waals surface area contributed by atoms with E-state index in [9.17, 15) is 26.8 Å². The van der Waals surface area contributed by atoms with E-state index in [1.165, 1.54) is 24.3 Å². The minimum atomic E-state index is -3.76. The molecule has 2 rings (SSSR count). The largest absolute Gasteiger partial charge is 0.456 e. The van der Waals surface area contributed by atoms with Crippen LogP contribution < -0.4 is 5.32 Å². The second-order valence-corrected chi connectivity index (χ2v) is 7.70. The van der Waals surface area contributed by atoms with Crippen molar-refractivity contribution in [3.05, 3.63) is 65.7 Å². The van der Waals surface area contributed by atoms with Crippen molar-refractivity contribution in [2.75, 3.05) is 12.4 Å². The van der Waals surface area contributed by atoms with E-state index in [1.54, 1.807) is 0 Å². The Bertz CT molecular complexity index is 896. The van der Waals surface area contributed by atoms with Crippen LogP contribution in [0.25, 0.3) is 0 Å². The smallest absolute Gasteiger partial charge is 0.307 e. The van der Waals surface area contributed by atoms with Gasteiger partial charge in [-0.1, -0.05) is 12.1 Å². The van der Waals surface area contributed by atoms with Crippen LogP contribution >= 0.6 is 0 Å². The molecular formula is C18H17F2NO5S. The van der Waals surface area contributed by atoms with Crippen LogP contribution in [0.1, 0.15) is 12.0 Å². The van der Waals surface area contributed by atoms with E-state index in [0.717, 1.165) is 24.3 Å². The van der Waals surface area contributed by atoms with E-state index < -0.39 is 52.1 Å². The highest BCUT2D eigenvalue weighted by atomic mass is 32.2. The third-order valence-electron chi connectivity index (χ3n) is 3.51. The van der Waals surface area contributed by atoms with E-state index in [1.807, 2.05) is 0 Å². The predicted octanol–water partition coefficient (Wildman–Crippen LogP) is 1.99. The molecular weight excluding hydrogens is 380 g/mol. The number of sulfone groups is 1. The highest BCUT2D eigenvalue weighted by Crippen LogP contribution is 2.13. The normalized spacial score (nSPS) is 11.0. The summed E-state index contributed by atoms with van der Waals surface area (Å²) in [6.45, 7) is -0.424. The molecule has 0 bridgehead atoms. The van der Waals surface area contributed by atoms with E-state index in [4.69, 9.17) is 4.74 Å². The third-order valence-corrected chi connectivity index (χ3v) is 5.25. The van der Waals surface area contributed by atoms with Gasteiger partial charge in [0.25, 0.3) is 5.91 Å². The summed E-state index contributed by atoms with van der Waals surface area (Å²) in [4.78, 5) is 23.1. The molecule has 0 saturated carbocycles. The summed E-state index contributed by atoms with van der Waals surface area (Å²) < 4.78 is 54.4. The van der Waals surface area contributed by atoms with Gasteiger partial charge in [0.2, 0.25) is 0 Å². The number of halogens is 2. The van der Waals surface area contributed by atoms with E-state index >= 15 is 0 Å². The van der Waals surface area contributed by atoms with E-state index in [2.05, 4.69) is 5.32 Å². The topological polar surface area (TPSA) is 89.5 Å². The zero-order valence-electron chi connectivity index (χ0n) is 14.2. The number of esters is 1. The lowest BCUT2D eigenvalue weighted by Gasteiger charge is -2.07. The number of hydrogen-bond acceptors (Lipinski definition) is 5. The summed E-state index contributed by atoms with van der Waals surface area (Å²) in [5.74, 6) is -2.91. The first-order valence-corrected chi connectivity index (χ1v) is 9.56. The van der Waals surface area contributed by atoms with Crippen LogP contribution in [0.3, 0.4) is 0 Å². The fourth-order valence-corrected chi connectivity index (χ4v) is 3.27. The first kappa shape index (κ1) is 20.5. The molecule has 0 saturated heterocycles. The molecule has 9 heteroatoms. The minimum Gasteiger partial charge on any atom is -0.456 e. The number of nitrogens with one attached hydrogen (secondary N) is 1. The number of ether oxygens (including phenoxy) is 1. The summed E-state index contributed by atoms with van der Waals surface area (Å²) in [6.07, 6.45) is -0.440. The summed E-state index contributed by atoms with van der Waals surface area (Å²) in [5, 5.41) is 2.48. The van der Waals surface area contributed by atoms with Crippen LogP contribution in [0.2, 0.25) is 0 Å². The Kier molecular flexibility index (Phi) is 7.00. The predicted molar refractivity (Wildman–Crippen MR) is 92.3 cm³/mol. The van der Waals surface area contributed by atoms with Gasteiger partial charge >= 0.3 is 5.97 Å². The maximum absolute atomic E-state index is 12.8. The lowest BCUT2D eigenvalue weighted by molar-refractivity contribution is -0.148. The fourth-order valence-electron chi connectivity index (χ4n) is 2.05. The monoisotopic (exact) mass is 397 g/mol. The number of benzene rings is 2. The van der Waals surface area contributed by atoms with Crippen LogP contribution in [0.15, 0.2) is 53.4 Å². The summed E-state index contributed by atoms with van der Waals surface area (Å²) in [6, 6.07) is 9.75. The highest BCUT2D eigenvalue weighted by Gasteiger charge is 2.17. The van der Waals surface area contributed by atoms with Crippen LogP contribution in [-0.2, 0) is 30.7 Å². The Labute approximate surface area is 155 Å². The van der Waals surface area contributed by atoms with Crippen molar-refractivity contribution >= 4 is 21.7 Å². The highest BCUT2D eigenvalue weighted by molar-refractivity contribution is 7.91. The standard InChI is InChI=1S/C18H17F2NO5S/c19-14-3-1-13(2-4-14)11-21-17(22)12-26-18(23)9-10-27(24,25)16-7-5-15(20)6-8-16/h1-8H,9-12H2,(H,21,22). The van der Waals surface area contributed by atoms with Gasteiger partial charge in [-0.25, -0.2) is 17.2 Å². The fraction of sp³-hybridized carbons (Fsp3) is 0.222. The molecule has 1 N–H and O–H groups in total. The molecule has 0 heterocycles. The van der Waals surface area contributed by atoms with Crippen molar-refractivity contribution in [2.45, 2.75) is 17.9 Å². The Morgan fingerprint density at radius 3 is 2.07 bits per heavy atom. The quantitative estimate of drug-likeness (QED) is 0.544. The molecule has 6 nitrogen and oxygen atoms in total. The van der Waals surface area contributed by atoms with Crippen molar-refractivity contribution in [1.82, 2.24) is 5.32 Å². The number of carbonyl (C=O) groups excluding carboxylic acids is 2. The average molecular weight is 397 g/mol. The number of amides is 1. The number of rotatable bonds is 8. The number of carbonyl (C=O) groups is 2. The Hall–Kier alpha value is -2.81. The van der Waals surface area contributed by atoms with E-state index in [0.29, 0.717) is 5.56 Å². The van der Waals surface area contributed by atoms with Gasteiger partial charge in [0.1, 0.15) is 11.6 Å². The molecule has 0 aliphatic carbocycles. The van der Waals surface area contributed by atoms with Crippen LogP contribution in [-0.4, -0.2) is 32.7 Å².